The van der Waals surface area contributed by atoms with Crippen LogP contribution < -0.4 is 0 Å². The summed E-state index contributed by atoms with van der Waals surface area (Å²) in [5, 5.41) is 8.45. The van der Waals surface area contributed by atoms with Gasteiger partial charge in [-0.05, 0) is 26.0 Å². The van der Waals surface area contributed by atoms with Crippen molar-refractivity contribution in [1.82, 2.24) is 0 Å². The van der Waals surface area contributed by atoms with E-state index in [1.165, 1.54) is 0 Å². The Kier molecular flexibility index (Phi) is 5.09. The Balaban J connectivity index is 4.22. The van der Waals surface area contributed by atoms with Crippen LogP contribution in [0.2, 0.25) is 0 Å². The summed E-state index contributed by atoms with van der Waals surface area (Å²) < 4.78 is 0. The monoisotopic (exact) mass is 132 g/mol. The topological polar surface area (TPSA) is 23.8 Å². The van der Waals surface area contributed by atoms with Crippen molar-refractivity contribution in [1.29, 1.82) is 5.26 Å². The molecule has 0 fully saturated rings. The summed E-state index contributed by atoms with van der Waals surface area (Å²) in [6, 6.07) is 2.01. The summed E-state index contributed by atoms with van der Waals surface area (Å²) in [6.07, 6.45) is 9.92. The lowest BCUT2D eigenvalue weighted by molar-refractivity contribution is 1.47. The van der Waals surface area contributed by atoms with Gasteiger partial charge in [0.15, 0.2) is 0 Å². The van der Waals surface area contributed by atoms with E-state index in [2.05, 4.69) is 6.08 Å². The molecule has 0 saturated carbocycles. The fraction of sp³-hybridized carbons (Fsp3) is 0.222. The molecule has 0 unspecified atom stereocenters. The maximum atomic E-state index is 8.45. The standard InChI is InChI=1S/C9H10N/c1-3-5-7-9(8-10)6-4-2/h3-5,7H,1-2H3/b5-3+,6-4?,9-7-. The first-order valence-electron chi connectivity index (χ1n) is 3.12. The van der Waals surface area contributed by atoms with Crippen LogP contribution >= 0.6 is 0 Å². The van der Waals surface area contributed by atoms with Gasteiger partial charge in [0.25, 0.3) is 0 Å². The van der Waals surface area contributed by atoms with Crippen molar-refractivity contribution in [2.24, 2.45) is 0 Å². The van der Waals surface area contributed by atoms with Gasteiger partial charge in [-0.1, -0.05) is 18.2 Å². The van der Waals surface area contributed by atoms with Crippen LogP contribution in [0.1, 0.15) is 13.8 Å². The summed E-state index contributed by atoms with van der Waals surface area (Å²) in [5.41, 5.74) is 0.556. The molecule has 1 heteroatoms. The minimum Gasteiger partial charge on any atom is -0.192 e. The molecule has 0 aromatic heterocycles. The highest BCUT2D eigenvalue weighted by Gasteiger charge is 1.82. The van der Waals surface area contributed by atoms with E-state index >= 15 is 0 Å². The minimum atomic E-state index is 0.556. The van der Waals surface area contributed by atoms with Crippen molar-refractivity contribution < 1.29 is 0 Å². The summed E-state index contributed by atoms with van der Waals surface area (Å²) >= 11 is 0. The lowest BCUT2D eigenvalue weighted by Crippen LogP contribution is -1.68. The molecule has 0 saturated heterocycles. The van der Waals surface area contributed by atoms with Gasteiger partial charge in [-0.15, -0.1) is 0 Å². The first kappa shape index (κ1) is 8.71. The molecule has 0 atom stereocenters. The molecular formula is C9H10N. The van der Waals surface area contributed by atoms with Crippen molar-refractivity contribution in [3.8, 4) is 6.07 Å². The molecule has 0 N–H and O–H groups in total. The zero-order chi connectivity index (χ0) is 7.82. The Hall–Kier alpha value is -1.29. The van der Waals surface area contributed by atoms with Gasteiger partial charge >= 0.3 is 0 Å². The highest BCUT2D eigenvalue weighted by molar-refractivity contribution is 5.31. The predicted octanol–water partition coefficient (Wildman–Crippen LogP) is 2.39. The second-order valence-electron chi connectivity index (χ2n) is 1.65. The van der Waals surface area contributed by atoms with Crippen LogP contribution in [0.25, 0.3) is 0 Å². The van der Waals surface area contributed by atoms with E-state index < -0.39 is 0 Å². The highest BCUT2D eigenvalue weighted by atomic mass is 14.2. The molecule has 0 bridgehead atoms. The number of nitrogens with zero attached hydrogens (tertiary/aromatic N) is 1. The molecule has 0 amide bonds. The number of rotatable bonds is 2. The first-order chi connectivity index (χ1) is 4.85. The Morgan fingerprint density at radius 3 is 2.50 bits per heavy atom. The van der Waals surface area contributed by atoms with Crippen LogP contribution in [0.15, 0.2) is 29.9 Å². The normalized spacial score (nSPS) is 12.7. The van der Waals surface area contributed by atoms with Gasteiger partial charge in [0.05, 0.1) is 11.6 Å². The lowest BCUT2D eigenvalue weighted by atomic mass is 10.2. The Labute approximate surface area is 62.0 Å². The molecule has 10 heavy (non-hydrogen) atoms. The van der Waals surface area contributed by atoms with E-state index in [4.69, 9.17) is 5.26 Å². The van der Waals surface area contributed by atoms with Gasteiger partial charge in [0.1, 0.15) is 0 Å². The van der Waals surface area contributed by atoms with Gasteiger partial charge < -0.3 is 0 Å². The van der Waals surface area contributed by atoms with Crippen molar-refractivity contribution >= 4 is 0 Å². The maximum Gasteiger partial charge on any atom is 0.0998 e. The zero-order valence-corrected chi connectivity index (χ0v) is 6.26. The third-order valence-corrected chi connectivity index (χ3v) is 0.876. The number of nitriles is 1. The van der Waals surface area contributed by atoms with E-state index in [0.717, 1.165) is 0 Å². The molecule has 0 spiro atoms. The van der Waals surface area contributed by atoms with Gasteiger partial charge in [-0.3, -0.25) is 0 Å². The van der Waals surface area contributed by atoms with Crippen molar-refractivity contribution in [3.05, 3.63) is 36.0 Å². The van der Waals surface area contributed by atoms with E-state index in [9.17, 15) is 0 Å². The van der Waals surface area contributed by atoms with Gasteiger partial charge in [0.2, 0.25) is 0 Å². The van der Waals surface area contributed by atoms with Crippen LogP contribution in [-0.4, -0.2) is 0 Å². The third-order valence-electron chi connectivity index (χ3n) is 0.876. The third kappa shape index (κ3) is 3.68. The fourth-order valence-corrected chi connectivity index (χ4v) is 0.466. The molecule has 0 aromatic carbocycles. The number of hydrogen-bond donors (Lipinski definition) is 0. The quantitative estimate of drug-likeness (QED) is 0.418. The molecule has 0 aromatic rings. The van der Waals surface area contributed by atoms with Crippen molar-refractivity contribution in [2.75, 3.05) is 0 Å². The van der Waals surface area contributed by atoms with Crippen LogP contribution in [0, 0.1) is 17.4 Å². The number of allylic oxidation sites excluding steroid dienone is 6. The van der Waals surface area contributed by atoms with Gasteiger partial charge in [0, 0.05) is 0 Å². The Morgan fingerprint density at radius 1 is 1.40 bits per heavy atom. The second-order valence-corrected chi connectivity index (χ2v) is 1.65. The summed E-state index contributed by atoms with van der Waals surface area (Å²) in [4.78, 5) is 0. The Morgan fingerprint density at radius 2 is 2.10 bits per heavy atom. The van der Waals surface area contributed by atoms with Gasteiger partial charge in [-0.25, -0.2) is 0 Å². The van der Waals surface area contributed by atoms with Crippen LogP contribution in [0.3, 0.4) is 0 Å². The molecule has 0 aliphatic carbocycles. The SMILES string of the molecule is C/C=[C]/C(C#N)=C/C=C/C. The highest BCUT2D eigenvalue weighted by Crippen LogP contribution is 1.92. The predicted molar refractivity (Wildman–Crippen MR) is 42.0 cm³/mol. The maximum absolute atomic E-state index is 8.45. The summed E-state index contributed by atoms with van der Waals surface area (Å²) in [6.45, 7) is 3.74. The molecule has 0 aliphatic rings. The van der Waals surface area contributed by atoms with Gasteiger partial charge in [-0.2, -0.15) is 5.26 Å². The molecule has 0 rings (SSSR count). The Bertz CT molecular complexity index is 201. The molecule has 1 nitrogen and oxygen atoms in total. The zero-order valence-electron chi connectivity index (χ0n) is 6.26. The molecular weight excluding hydrogens is 122 g/mol. The molecule has 0 heterocycles. The number of hydrogen-bond acceptors (Lipinski definition) is 1. The van der Waals surface area contributed by atoms with E-state index in [-0.39, 0.29) is 0 Å². The van der Waals surface area contributed by atoms with Crippen LogP contribution in [-0.2, 0) is 0 Å². The first-order valence-corrected chi connectivity index (χ1v) is 3.12. The average molecular weight is 132 g/mol. The molecule has 1 radical (unpaired) electrons. The second kappa shape index (κ2) is 5.84. The average Bonchev–Trinajstić information content (AvgIpc) is 1.98. The van der Waals surface area contributed by atoms with E-state index in [0.29, 0.717) is 5.57 Å². The molecule has 51 valence electrons. The summed E-state index contributed by atoms with van der Waals surface area (Å²) in [7, 11) is 0. The minimum absolute atomic E-state index is 0.556. The lowest BCUT2D eigenvalue weighted by Gasteiger charge is -1.79. The van der Waals surface area contributed by atoms with E-state index in [1.54, 1.807) is 12.2 Å². The smallest absolute Gasteiger partial charge is 0.0998 e. The molecule has 0 aliphatic heterocycles. The van der Waals surface area contributed by atoms with E-state index in [1.807, 2.05) is 32.1 Å². The largest absolute Gasteiger partial charge is 0.192 e. The van der Waals surface area contributed by atoms with Crippen LogP contribution in [0.5, 0.6) is 0 Å². The van der Waals surface area contributed by atoms with Crippen LogP contribution in [0.4, 0.5) is 0 Å². The van der Waals surface area contributed by atoms with Crippen molar-refractivity contribution in [2.45, 2.75) is 13.8 Å². The summed E-state index contributed by atoms with van der Waals surface area (Å²) in [5.74, 6) is 0. The van der Waals surface area contributed by atoms with Crippen molar-refractivity contribution in [3.63, 3.8) is 0 Å². The fourth-order valence-electron chi connectivity index (χ4n) is 0.466.